The Morgan fingerprint density at radius 3 is 2.69 bits per heavy atom. The van der Waals surface area contributed by atoms with Crippen LogP contribution in [0.3, 0.4) is 0 Å². The minimum atomic E-state index is -0.479. The highest BCUT2D eigenvalue weighted by molar-refractivity contribution is 5.83. The maximum Gasteiger partial charge on any atom is 0.227 e. The maximum atomic E-state index is 12.0. The lowest BCUT2D eigenvalue weighted by Crippen LogP contribution is -2.49. The highest BCUT2D eigenvalue weighted by Gasteiger charge is 2.38. The molecule has 6 nitrogen and oxygen atoms in total. The summed E-state index contributed by atoms with van der Waals surface area (Å²) in [5, 5.41) is 5.54. The second kappa shape index (κ2) is 6.55. The first-order chi connectivity index (χ1) is 7.75. The number of carbonyl (C=O) groups is 1. The predicted molar refractivity (Wildman–Crippen MR) is 59.8 cm³/mol. The molecule has 1 aliphatic rings. The lowest BCUT2D eigenvalue weighted by Gasteiger charge is -2.34. The maximum absolute atomic E-state index is 12.0. The number of carbonyl (C=O) groups excluding carboxylic acids is 1. The number of hydrogen-bond donors (Lipinski definition) is 2. The average molecular weight is 229 g/mol. The number of nitrogens with one attached hydrogen (secondary N) is 1. The summed E-state index contributed by atoms with van der Waals surface area (Å²) in [6, 6.07) is 0. The Labute approximate surface area is 94.9 Å². The molecule has 0 atom stereocenters. The van der Waals surface area contributed by atoms with Crippen LogP contribution in [-0.2, 0) is 9.53 Å². The van der Waals surface area contributed by atoms with Crippen LogP contribution in [0, 0.1) is 10.3 Å². The molecule has 0 aliphatic carbocycles. The zero-order valence-corrected chi connectivity index (χ0v) is 9.41. The standard InChI is InChI=1S/C10H19N3O3/c11-8-10(2-6-16-7-3-10)9(14)12-4-1-5-13-15/h1-8,11H2,(H,12,14). The minimum absolute atomic E-state index is 0.0239. The smallest absolute Gasteiger partial charge is 0.227 e. The van der Waals surface area contributed by atoms with Gasteiger partial charge in [0.25, 0.3) is 0 Å². The van der Waals surface area contributed by atoms with Crippen molar-refractivity contribution in [3.63, 3.8) is 0 Å². The van der Waals surface area contributed by atoms with E-state index in [2.05, 4.69) is 10.5 Å². The van der Waals surface area contributed by atoms with Crippen LogP contribution in [0.4, 0.5) is 0 Å². The minimum Gasteiger partial charge on any atom is -0.381 e. The highest BCUT2D eigenvalue weighted by Crippen LogP contribution is 2.29. The van der Waals surface area contributed by atoms with Gasteiger partial charge in [0.05, 0.1) is 12.0 Å². The lowest BCUT2D eigenvalue weighted by molar-refractivity contribution is -0.135. The fourth-order valence-electron chi connectivity index (χ4n) is 1.82. The average Bonchev–Trinajstić information content (AvgIpc) is 2.35. The molecule has 16 heavy (non-hydrogen) atoms. The van der Waals surface area contributed by atoms with E-state index in [0.717, 1.165) is 0 Å². The summed E-state index contributed by atoms with van der Waals surface area (Å²) in [6.07, 6.45) is 1.91. The molecule has 0 unspecified atom stereocenters. The summed E-state index contributed by atoms with van der Waals surface area (Å²) in [7, 11) is 0. The van der Waals surface area contributed by atoms with Gasteiger partial charge in [0.1, 0.15) is 0 Å². The fourth-order valence-corrected chi connectivity index (χ4v) is 1.82. The number of nitroso groups, excluding NO2 is 1. The quantitative estimate of drug-likeness (QED) is 0.495. The molecule has 1 heterocycles. The molecular weight excluding hydrogens is 210 g/mol. The van der Waals surface area contributed by atoms with Crippen molar-refractivity contribution in [3.8, 4) is 0 Å². The lowest BCUT2D eigenvalue weighted by atomic mass is 9.79. The van der Waals surface area contributed by atoms with Crippen LogP contribution >= 0.6 is 0 Å². The molecule has 0 bridgehead atoms. The van der Waals surface area contributed by atoms with Crippen LogP contribution in [0.2, 0.25) is 0 Å². The summed E-state index contributed by atoms with van der Waals surface area (Å²) in [4.78, 5) is 21.8. The Morgan fingerprint density at radius 2 is 2.12 bits per heavy atom. The molecule has 3 N–H and O–H groups in total. The highest BCUT2D eigenvalue weighted by atomic mass is 16.5. The van der Waals surface area contributed by atoms with Crippen LogP contribution < -0.4 is 11.1 Å². The van der Waals surface area contributed by atoms with Gasteiger partial charge in [0.15, 0.2) is 0 Å². The first-order valence-electron chi connectivity index (χ1n) is 5.60. The van der Waals surface area contributed by atoms with E-state index in [9.17, 15) is 9.70 Å². The molecule has 1 fully saturated rings. The summed E-state index contributed by atoms with van der Waals surface area (Å²) in [6.45, 7) is 2.22. The van der Waals surface area contributed by atoms with Crippen molar-refractivity contribution in [1.82, 2.24) is 5.32 Å². The molecule has 0 spiro atoms. The zero-order valence-electron chi connectivity index (χ0n) is 9.41. The van der Waals surface area contributed by atoms with Crippen LogP contribution in [0.15, 0.2) is 5.18 Å². The molecule has 1 saturated heterocycles. The van der Waals surface area contributed by atoms with E-state index in [1.807, 2.05) is 0 Å². The molecule has 1 rings (SSSR count). The SMILES string of the molecule is NCC1(C(=O)NCCCN=O)CCOCC1. The zero-order chi connectivity index (χ0) is 11.9. The van der Waals surface area contributed by atoms with Gasteiger partial charge in [0, 0.05) is 26.3 Å². The van der Waals surface area contributed by atoms with Crippen molar-refractivity contribution in [1.29, 1.82) is 0 Å². The summed E-state index contributed by atoms with van der Waals surface area (Å²) in [5.74, 6) is -0.0239. The van der Waals surface area contributed by atoms with E-state index in [1.54, 1.807) is 0 Å². The third-order valence-electron chi connectivity index (χ3n) is 3.03. The summed E-state index contributed by atoms with van der Waals surface area (Å²) >= 11 is 0. The van der Waals surface area contributed by atoms with Gasteiger partial charge in [-0.3, -0.25) is 4.79 Å². The van der Waals surface area contributed by atoms with Gasteiger partial charge >= 0.3 is 0 Å². The molecule has 6 heteroatoms. The number of nitrogens with two attached hydrogens (primary N) is 1. The van der Waals surface area contributed by atoms with Crippen LogP contribution in [0.25, 0.3) is 0 Å². The molecule has 1 amide bonds. The number of rotatable bonds is 6. The Morgan fingerprint density at radius 1 is 1.44 bits per heavy atom. The number of ether oxygens (including phenoxy) is 1. The Balaban J connectivity index is 2.39. The van der Waals surface area contributed by atoms with Crippen molar-refractivity contribution in [2.24, 2.45) is 16.3 Å². The van der Waals surface area contributed by atoms with Crippen molar-refractivity contribution >= 4 is 5.91 Å². The second-order valence-corrected chi connectivity index (χ2v) is 4.06. The Hall–Kier alpha value is -1.01. The largest absolute Gasteiger partial charge is 0.381 e. The van der Waals surface area contributed by atoms with Gasteiger partial charge in [-0.15, -0.1) is 0 Å². The van der Waals surface area contributed by atoms with E-state index < -0.39 is 5.41 Å². The van der Waals surface area contributed by atoms with E-state index in [0.29, 0.717) is 45.6 Å². The van der Waals surface area contributed by atoms with E-state index in [1.165, 1.54) is 0 Å². The number of hydrogen-bond acceptors (Lipinski definition) is 5. The molecule has 0 saturated carbocycles. The molecule has 0 aromatic carbocycles. The third kappa shape index (κ3) is 3.24. The van der Waals surface area contributed by atoms with Crippen molar-refractivity contribution in [2.75, 3.05) is 32.8 Å². The summed E-state index contributed by atoms with van der Waals surface area (Å²) < 4.78 is 5.23. The summed E-state index contributed by atoms with van der Waals surface area (Å²) in [5.41, 5.74) is 5.21. The Bertz CT molecular complexity index is 239. The first kappa shape index (κ1) is 13.1. The van der Waals surface area contributed by atoms with Gasteiger partial charge in [-0.2, -0.15) is 4.91 Å². The molecule has 1 aliphatic heterocycles. The Kier molecular flexibility index (Phi) is 5.34. The molecule has 92 valence electrons. The fraction of sp³-hybridized carbons (Fsp3) is 0.900. The van der Waals surface area contributed by atoms with Gasteiger partial charge in [-0.05, 0) is 19.3 Å². The van der Waals surface area contributed by atoms with Crippen LogP contribution in [-0.4, -0.2) is 38.8 Å². The topological polar surface area (TPSA) is 93.8 Å². The van der Waals surface area contributed by atoms with E-state index in [4.69, 9.17) is 10.5 Å². The molecular formula is C10H19N3O3. The van der Waals surface area contributed by atoms with E-state index in [-0.39, 0.29) is 12.5 Å². The second-order valence-electron chi connectivity index (χ2n) is 4.06. The van der Waals surface area contributed by atoms with Gasteiger partial charge in [-0.1, -0.05) is 5.18 Å². The number of amides is 1. The van der Waals surface area contributed by atoms with Gasteiger partial charge < -0.3 is 15.8 Å². The molecule has 0 aromatic heterocycles. The normalized spacial score (nSPS) is 19.1. The van der Waals surface area contributed by atoms with Crippen molar-refractivity contribution in [3.05, 3.63) is 4.91 Å². The van der Waals surface area contributed by atoms with Gasteiger partial charge in [-0.25, -0.2) is 0 Å². The predicted octanol–water partition coefficient (Wildman–Crippen LogP) is 0.0146. The third-order valence-corrected chi connectivity index (χ3v) is 3.03. The number of nitrogens with zero attached hydrogens (tertiary/aromatic N) is 1. The van der Waals surface area contributed by atoms with Gasteiger partial charge in [0.2, 0.25) is 5.91 Å². The van der Waals surface area contributed by atoms with Crippen LogP contribution in [0.1, 0.15) is 19.3 Å². The first-order valence-corrected chi connectivity index (χ1v) is 5.60. The molecule has 0 aromatic rings. The van der Waals surface area contributed by atoms with Crippen molar-refractivity contribution < 1.29 is 9.53 Å². The monoisotopic (exact) mass is 229 g/mol. The van der Waals surface area contributed by atoms with Crippen LogP contribution in [0.5, 0.6) is 0 Å². The van der Waals surface area contributed by atoms with E-state index >= 15 is 0 Å². The molecule has 0 radical (unpaired) electrons. The van der Waals surface area contributed by atoms with Crippen molar-refractivity contribution in [2.45, 2.75) is 19.3 Å².